The second kappa shape index (κ2) is 7.26. The minimum absolute atomic E-state index is 0.146. The first-order chi connectivity index (χ1) is 9.03. The van der Waals surface area contributed by atoms with Crippen molar-refractivity contribution in [3.05, 3.63) is 35.9 Å². The van der Waals surface area contributed by atoms with E-state index in [-0.39, 0.29) is 6.61 Å². The highest BCUT2D eigenvalue weighted by Gasteiger charge is 2.31. The maximum Gasteiger partial charge on any atom is 0.320 e. The van der Waals surface area contributed by atoms with Gasteiger partial charge in [-0.25, -0.2) is 0 Å². The average molecular weight is 265 g/mol. The number of carboxylic acids is 1. The number of rotatable bonds is 8. The molecule has 1 aromatic rings. The van der Waals surface area contributed by atoms with E-state index in [1.807, 2.05) is 44.2 Å². The summed E-state index contributed by atoms with van der Waals surface area (Å²) in [6, 6.07) is 8.80. The van der Waals surface area contributed by atoms with Gasteiger partial charge in [0.25, 0.3) is 0 Å². The molecule has 0 heterocycles. The first-order valence-electron chi connectivity index (χ1n) is 6.70. The van der Waals surface area contributed by atoms with E-state index < -0.39 is 17.6 Å². The van der Waals surface area contributed by atoms with Crippen LogP contribution in [0.25, 0.3) is 0 Å². The largest absolute Gasteiger partial charge is 0.480 e. The minimum atomic E-state index is -0.871. The van der Waals surface area contributed by atoms with Gasteiger partial charge >= 0.3 is 5.97 Å². The summed E-state index contributed by atoms with van der Waals surface area (Å²) >= 11 is 0. The molecule has 0 saturated carbocycles. The van der Waals surface area contributed by atoms with Crippen LogP contribution in [-0.2, 0) is 10.3 Å². The Morgan fingerprint density at radius 2 is 2.00 bits per heavy atom. The summed E-state index contributed by atoms with van der Waals surface area (Å²) in [6.07, 6.45) is 2.36. The lowest BCUT2D eigenvalue weighted by molar-refractivity contribution is -0.140. The molecule has 0 aliphatic heterocycles. The van der Waals surface area contributed by atoms with Crippen LogP contribution >= 0.6 is 0 Å². The predicted molar refractivity (Wildman–Crippen MR) is 75.0 cm³/mol. The van der Waals surface area contributed by atoms with Crippen LogP contribution in [0.1, 0.15) is 38.7 Å². The van der Waals surface area contributed by atoms with Gasteiger partial charge in [0.2, 0.25) is 0 Å². The van der Waals surface area contributed by atoms with E-state index in [4.69, 9.17) is 0 Å². The van der Waals surface area contributed by atoms with Gasteiger partial charge in [-0.2, -0.15) is 0 Å². The molecule has 106 valence electrons. The van der Waals surface area contributed by atoms with E-state index in [9.17, 15) is 15.0 Å². The fourth-order valence-corrected chi connectivity index (χ4v) is 2.08. The van der Waals surface area contributed by atoms with E-state index in [1.54, 1.807) is 0 Å². The summed E-state index contributed by atoms with van der Waals surface area (Å²) in [5.41, 5.74) is 0.151. The fourth-order valence-electron chi connectivity index (χ4n) is 2.08. The lowest BCUT2D eigenvalue weighted by Gasteiger charge is -2.32. The number of unbranched alkanes of at least 4 members (excludes halogenated alkanes) is 1. The van der Waals surface area contributed by atoms with E-state index in [1.165, 1.54) is 0 Å². The second-order valence-corrected chi connectivity index (χ2v) is 5.03. The fraction of sp³-hybridized carbons (Fsp3) is 0.533. The molecular formula is C15H23NO3. The van der Waals surface area contributed by atoms with Crippen molar-refractivity contribution in [2.24, 2.45) is 0 Å². The van der Waals surface area contributed by atoms with Crippen LogP contribution in [-0.4, -0.2) is 28.8 Å². The molecule has 0 radical (unpaired) electrons. The molecule has 3 N–H and O–H groups in total. The van der Waals surface area contributed by atoms with Crippen LogP contribution < -0.4 is 5.32 Å². The number of hydrogen-bond acceptors (Lipinski definition) is 3. The highest BCUT2D eigenvalue weighted by atomic mass is 16.4. The van der Waals surface area contributed by atoms with Gasteiger partial charge in [0.1, 0.15) is 6.04 Å². The standard InChI is InChI=1S/C15H23NO3/c1-3-4-10-13(14(18)19)16-15(2,11-17)12-8-6-5-7-9-12/h5-9,13,16-17H,3-4,10-11H2,1-2H3,(H,18,19). The smallest absolute Gasteiger partial charge is 0.320 e. The van der Waals surface area contributed by atoms with Crippen molar-refractivity contribution >= 4 is 5.97 Å². The highest BCUT2D eigenvalue weighted by molar-refractivity contribution is 5.73. The SMILES string of the molecule is CCCCC(NC(C)(CO)c1ccccc1)C(=O)O. The molecule has 0 aliphatic rings. The Hall–Kier alpha value is -1.39. The average Bonchev–Trinajstić information content (AvgIpc) is 2.43. The Kier molecular flexibility index (Phi) is 5.99. The summed E-state index contributed by atoms with van der Waals surface area (Å²) in [7, 11) is 0. The Bertz CT molecular complexity index is 394. The maximum atomic E-state index is 11.3. The molecule has 1 rings (SSSR count). The molecule has 2 unspecified atom stereocenters. The van der Waals surface area contributed by atoms with E-state index >= 15 is 0 Å². The summed E-state index contributed by atoms with van der Waals surface area (Å²) in [4.78, 5) is 11.3. The number of aliphatic hydroxyl groups excluding tert-OH is 1. The lowest BCUT2D eigenvalue weighted by atomic mass is 9.91. The van der Waals surface area contributed by atoms with Crippen molar-refractivity contribution in [2.45, 2.75) is 44.7 Å². The zero-order valence-electron chi connectivity index (χ0n) is 11.6. The van der Waals surface area contributed by atoms with Gasteiger partial charge in [0.05, 0.1) is 12.1 Å². The molecule has 0 spiro atoms. The molecule has 4 heteroatoms. The van der Waals surface area contributed by atoms with Gasteiger partial charge in [0, 0.05) is 0 Å². The number of hydrogen-bond donors (Lipinski definition) is 3. The van der Waals surface area contributed by atoms with E-state index in [2.05, 4.69) is 5.32 Å². The molecular weight excluding hydrogens is 242 g/mol. The van der Waals surface area contributed by atoms with Crippen LogP contribution in [0.4, 0.5) is 0 Å². The number of benzene rings is 1. The van der Waals surface area contributed by atoms with Crippen LogP contribution in [0.2, 0.25) is 0 Å². The summed E-state index contributed by atoms with van der Waals surface area (Å²) in [6.45, 7) is 3.71. The lowest BCUT2D eigenvalue weighted by Crippen LogP contribution is -2.51. The van der Waals surface area contributed by atoms with Crippen molar-refractivity contribution in [1.82, 2.24) is 5.32 Å². The summed E-state index contributed by atoms with van der Waals surface area (Å²) in [5.74, 6) is -0.871. The third kappa shape index (κ3) is 4.33. The van der Waals surface area contributed by atoms with E-state index in [0.29, 0.717) is 6.42 Å². The van der Waals surface area contributed by atoms with Gasteiger partial charge in [-0.3, -0.25) is 10.1 Å². The molecule has 2 atom stereocenters. The van der Waals surface area contributed by atoms with Crippen molar-refractivity contribution in [3.63, 3.8) is 0 Å². The number of aliphatic hydroxyl groups is 1. The maximum absolute atomic E-state index is 11.3. The predicted octanol–water partition coefficient (Wildman–Crippen LogP) is 2.13. The molecule has 0 aliphatic carbocycles. The van der Waals surface area contributed by atoms with Gasteiger partial charge < -0.3 is 10.2 Å². The molecule has 1 aromatic carbocycles. The number of nitrogens with one attached hydrogen (secondary N) is 1. The highest BCUT2D eigenvalue weighted by Crippen LogP contribution is 2.21. The Labute approximate surface area is 114 Å². The Morgan fingerprint density at radius 1 is 1.37 bits per heavy atom. The molecule has 0 saturated heterocycles. The van der Waals surface area contributed by atoms with Gasteiger partial charge in [-0.15, -0.1) is 0 Å². The third-order valence-corrected chi connectivity index (χ3v) is 3.36. The van der Waals surface area contributed by atoms with Crippen molar-refractivity contribution in [3.8, 4) is 0 Å². The van der Waals surface area contributed by atoms with Crippen LogP contribution in [0.3, 0.4) is 0 Å². The Morgan fingerprint density at radius 3 is 2.47 bits per heavy atom. The normalized spacial score (nSPS) is 15.7. The first-order valence-corrected chi connectivity index (χ1v) is 6.70. The quantitative estimate of drug-likeness (QED) is 0.673. The van der Waals surface area contributed by atoms with Gasteiger partial charge in [-0.1, -0.05) is 50.1 Å². The molecule has 0 fully saturated rings. The van der Waals surface area contributed by atoms with E-state index in [0.717, 1.165) is 18.4 Å². The molecule has 0 bridgehead atoms. The number of carbonyl (C=O) groups is 1. The van der Waals surface area contributed by atoms with Crippen molar-refractivity contribution in [2.75, 3.05) is 6.61 Å². The first kappa shape index (κ1) is 15.7. The summed E-state index contributed by atoms with van der Waals surface area (Å²) < 4.78 is 0. The van der Waals surface area contributed by atoms with Gasteiger partial charge in [-0.05, 0) is 18.9 Å². The molecule has 0 aromatic heterocycles. The Balaban J connectivity index is 2.86. The molecule has 4 nitrogen and oxygen atoms in total. The monoisotopic (exact) mass is 265 g/mol. The molecule has 19 heavy (non-hydrogen) atoms. The number of carboxylic acid groups (broad SMARTS) is 1. The van der Waals surface area contributed by atoms with Crippen LogP contribution in [0, 0.1) is 0 Å². The third-order valence-electron chi connectivity index (χ3n) is 3.36. The zero-order valence-corrected chi connectivity index (χ0v) is 11.6. The number of aliphatic carboxylic acids is 1. The second-order valence-electron chi connectivity index (χ2n) is 5.03. The van der Waals surface area contributed by atoms with Crippen LogP contribution in [0.5, 0.6) is 0 Å². The van der Waals surface area contributed by atoms with Crippen LogP contribution in [0.15, 0.2) is 30.3 Å². The summed E-state index contributed by atoms with van der Waals surface area (Å²) in [5, 5.41) is 22.0. The van der Waals surface area contributed by atoms with Crippen molar-refractivity contribution < 1.29 is 15.0 Å². The zero-order chi connectivity index (χ0) is 14.3. The topological polar surface area (TPSA) is 69.6 Å². The van der Waals surface area contributed by atoms with Gasteiger partial charge in [0.15, 0.2) is 0 Å². The minimum Gasteiger partial charge on any atom is -0.480 e. The van der Waals surface area contributed by atoms with Crippen molar-refractivity contribution in [1.29, 1.82) is 0 Å². The molecule has 0 amide bonds.